The Kier molecular flexibility index (Phi) is 2.29. The monoisotopic (exact) mass is 212 g/mol. The molecule has 0 saturated carbocycles. The van der Waals surface area contributed by atoms with E-state index in [1.165, 1.54) is 6.07 Å². The van der Waals surface area contributed by atoms with Crippen molar-refractivity contribution >= 4 is 27.2 Å². The summed E-state index contributed by atoms with van der Waals surface area (Å²) in [6, 6.07) is 8.74. The maximum atomic E-state index is 12.1. The molecular weight excluding hydrogens is 206 g/mol. The van der Waals surface area contributed by atoms with Crippen LogP contribution in [0.25, 0.3) is 10.1 Å². The van der Waals surface area contributed by atoms with Crippen LogP contribution in [0.2, 0.25) is 0 Å². The molecule has 4 heteroatoms. The van der Waals surface area contributed by atoms with Gasteiger partial charge in [0.15, 0.2) is 0 Å². The molecule has 0 N–H and O–H groups in total. The first-order chi connectivity index (χ1) is 6.68. The summed E-state index contributed by atoms with van der Waals surface area (Å²) in [6.07, 6.45) is -2.91. The van der Waals surface area contributed by atoms with Crippen LogP contribution in [0.1, 0.15) is 9.67 Å². The zero-order chi connectivity index (χ0) is 10.1. The highest BCUT2D eigenvalue weighted by Crippen LogP contribution is 2.26. The molecule has 0 fully saturated rings. The summed E-state index contributed by atoms with van der Waals surface area (Å²) in [5, 5.41) is 0.835. The van der Waals surface area contributed by atoms with Gasteiger partial charge < -0.3 is 0 Å². The Balaban J connectivity index is 2.50. The molecule has 2 rings (SSSR count). The SMILES string of the molecule is O=C(c1cc2ccccc2s1)C(F)F. The lowest BCUT2D eigenvalue weighted by molar-refractivity contribution is 0.0683. The molecule has 0 unspecified atom stereocenters. The third-order valence-corrected chi connectivity index (χ3v) is 3.00. The van der Waals surface area contributed by atoms with Gasteiger partial charge in [-0.05, 0) is 17.5 Å². The topological polar surface area (TPSA) is 17.1 Å². The van der Waals surface area contributed by atoms with Gasteiger partial charge in [0.05, 0.1) is 4.88 Å². The van der Waals surface area contributed by atoms with Crippen molar-refractivity contribution in [3.8, 4) is 0 Å². The number of Topliss-reactive ketones (excluding diaryl/α,β-unsaturated/α-hetero) is 1. The quantitative estimate of drug-likeness (QED) is 0.698. The molecular formula is C10H6F2OS. The first-order valence-corrected chi connectivity index (χ1v) is 4.81. The highest BCUT2D eigenvalue weighted by Gasteiger charge is 2.19. The Bertz CT molecular complexity index is 443. The van der Waals surface area contributed by atoms with Gasteiger partial charge in [-0.1, -0.05) is 18.2 Å². The van der Waals surface area contributed by atoms with Gasteiger partial charge in [0.2, 0.25) is 5.78 Å². The number of carbonyl (C=O) groups excluding carboxylic acids is 1. The Morgan fingerprint density at radius 2 is 2.00 bits per heavy atom. The van der Waals surface area contributed by atoms with Gasteiger partial charge in [-0.25, -0.2) is 8.78 Å². The fraction of sp³-hybridized carbons (Fsp3) is 0.100. The summed E-state index contributed by atoms with van der Waals surface area (Å²) in [5.41, 5.74) is 0. The summed E-state index contributed by atoms with van der Waals surface area (Å²) in [5.74, 6) is -1.09. The smallest absolute Gasteiger partial charge is 0.287 e. The van der Waals surface area contributed by atoms with Crippen molar-refractivity contribution < 1.29 is 13.6 Å². The highest BCUT2D eigenvalue weighted by molar-refractivity contribution is 7.20. The Labute approximate surface area is 83.0 Å². The molecule has 1 nitrogen and oxygen atoms in total. The molecule has 2 aromatic rings. The first kappa shape index (κ1) is 9.27. The number of halogens is 2. The number of hydrogen-bond donors (Lipinski definition) is 0. The van der Waals surface area contributed by atoms with Crippen LogP contribution < -0.4 is 0 Å². The molecule has 0 aliphatic heterocycles. The predicted octanol–water partition coefficient (Wildman–Crippen LogP) is 3.35. The van der Waals surface area contributed by atoms with Crippen LogP contribution in [0, 0.1) is 0 Å². The zero-order valence-electron chi connectivity index (χ0n) is 7.04. The minimum absolute atomic E-state index is 0.126. The summed E-state index contributed by atoms with van der Waals surface area (Å²) in [4.78, 5) is 11.1. The van der Waals surface area contributed by atoms with E-state index in [4.69, 9.17) is 0 Å². The summed E-state index contributed by atoms with van der Waals surface area (Å²) >= 11 is 1.10. The minimum atomic E-state index is -2.91. The van der Waals surface area contributed by atoms with Crippen molar-refractivity contribution in [2.24, 2.45) is 0 Å². The predicted molar refractivity (Wildman–Crippen MR) is 52.2 cm³/mol. The third-order valence-electron chi connectivity index (χ3n) is 1.87. The van der Waals surface area contributed by atoms with Gasteiger partial charge in [0.1, 0.15) is 0 Å². The number of ketones is 1. The Morgan fingerprint density at radius 1 is 1.29 bits per heavy atom. The van der Waals surface area contributed by atoms with Crippen molar-refractivity contribution in [3.05, 3.63) is 35.2 Å². The van der Waals surface area contributed by atoms with E-state index in [9.17, 15) is 13.6 Å². The van der Waals surface area contributed by atoms with E-state index in [0.717, 1.165) is 21.4 Å². The maximum absolute atomic E-state index is 12.1. The molecule has 0 saturated heterocycles. The molecule has 1 aromatic heterocycles. The molecule has 0 spiro atoms. The number of thiophene rings is 1. The standard InChI is InChI=1S/C10H6F2OS/c11-10(12)9(13)8-5-6-3-1-2-4-7(6)14-8/h1-5,10H. The highest BCUT2D eigenvalue weighted by atomic mass is 32.1. The van der Waals surface area contributed by atoms with Gasteiger partial charge >= 0.3 is 6.43 Å². The number of rotatable bonds is 2. The summed E-state index contributed by atoms with van der Waals surface area (Å²) < 4.78 is 25.1. The van der Waals surface area contributed by atoms with Crippen molar-refractivity contribution in [1.29, 1.82) is 0 Å². The van der Waals surface area contributed by atoms with Crippen molar-refractivity contribution in [2.75, 3.05) is 0 Å². The number of fused-ring (bicyclic) bond motifs is 1. The van der Waals surface area contributed by atoms with Crippen molar-refractivity contribution in [3.63, 3.8) is 0 Å². The molecule has 0 aliphatic carbocycles. The lowest BCUT2D eigenvalue weighted by atomic mass is 10.2. The molecule has 14 heavy (non-hydrogen) atoms. The summed E-state index contributed by atoms with van der Waals surface area (Å²) in [7, 11) is 0. The van der Waals surface area contributed by atoms with Crippen LogP contribution in [0.4, 0.5) is 8.78 Å². The van der Waals surface area contributed by atoms with E-state index in [0.29, 0.717) is 0 Å². The Hall–Kier alpha value is -1.29. The van der Waals surface area contributed by atoms with Crippen LogP contribution in [0.5, 0.6) is 0 Å². The Morgan fingerprint density at radius 3 is 2.64 bits per heavy atom. The van der Waals surface area contributed by atoms with Crippen LogP contribution in [-0.4, -0.2) is 12.2 Å². The van der Waals surface area contributed by atoms with E-state index in [1.54, 1.807) is 6.07 Å². The van der Waals surface area contributed by atoms with E-state index in [-0.39, 0.29) is 4.88 Å². The maximum Gasteiger partial charge on any atom is 0.301 e. The van der Waals surface area contributed by atoms with E-state index < -0.39 is 12.2 Å². The molecule has 1 aromatic carbocycles. The largest absolute Gasteiger partial charge is 0.301 e. The molecule has 72 valence electrons. The minimum Gasteiger partial charge on any atom is -0.287 e. The van der Waals surface area contributed by atoms with Gasteiger partial charge in [-0.15, -0.1) is 11.3 Å². The second kappa shape index (κ2) is 3.46. The number of carbonyl (C=O) groups is 1. The normalized spacial score (nSPS) is 11.1. The second-order valence-corrected chi connectivity index (χ2v) is 3.90. The number of hydrogen-bond acceptors (Lipinski definition) is 2. The molecule has 0 atom stereocenters. The van der Waals surface area contributed by atoms with Crippen LogP contribution in [-0.2, 0) is 0 Å². The molecule has 0 bridgehead atoms. The van der Waals surface area contributed by atoms with Gasteiger partial charge in [-0.3, -0.25) is 4.79 Å². The average molecular weight is 212 g/mol. The molecule has 0 radical (unpaired) electrons. The van der Waals surface area contributed by atoms with Crippen LogP contribution >= 0.6 is 11.3 Å². The van der Waals surface area contributed by atoms with Gasteiger partial charge in [0.25, 0.3) is 0 Å². The van der Waals surface area contributed by atoms with Crippen LogP contribution in [0.15, 0.2) is 30.3 Å². The first-order valence-electron chi connectivity index (χ1n) is 3.99. The second-order valence-electron chi connectivity index (χ2n) is 2.81. The molecule has 1 heterocycles. The third kappa shape index (κ3) is 1.53. The van der Waals surface area contributed by atoms with Crippen molar-refractivity contribution in [2.45, 2.75) is 6.43 Å². The van der Waals surface area contributed by atoms with Gasteiger partial charge in [-0.2, -0.15) is 0 Å². The summed E-state index contributed by atoms with van der Waals surface area (Å²) in [6.45, 7) is 0. The molecule has 0 aliphatic rings. The lowest BCUT2D eigenvalue weighted by Gasteiger charge is -1.91. The van der Waals surface area contributed by atoms with E-state index in [2.05, 4.69) is 0 Å². The van der Waals surface area contributed by atoms with E-state index in [1.807, 2.05) is 18.2 Å². The van der Waals surface area contributed by atoms with E-state index >= 15 is 0 Å². The fourth-order valence-corrected chi connectivity index (χ4v) is 2.21. The fourth-order valence-electron chi connectivity index (χ4n) is 1.21. The van der Waals surface area contributed by atoms with Gasteiger partial charge in [0, 0.05) is 4.70 Å². The lowest BCUT2D eigenvalue weighted by Crippen LogP contribution is -2.07. The zero-order valence-corrected chi connectivity index (χ0v) is 7.85. The average Bonchev–Trinajstić information content (AvgIpc) is 2.59. The number of alkyl halides is 2. The van der Waals surface area contributed by atoms with Crippen molar-refractivity contribution in [1.82, 2.24) is 0 Å². The molecule has 0 amide bonds. The van der Waals surface area contributed by atoms with Crippen LogP contribution in [0.3, 0.4) is 0 Å². The number of benzene rings is 1.